The van der Waals surface area contributed by atoms with Gasteiger partial charge in [-0.3, -0.25) is 9.88 Å². The molecule has 2 bridgehead atoms. The van der Waals surface area contributed by atoms with E-state index in [2.05, 4.69) is 52.9 Å². The van der Waals surface area contributed by atoms with Crippen molar-refractivity contribution in [3.8, 4) is 0 Å². The van der Waals surface area contributed by atoms with Gasteiger partial charge in [0.25, 0.3) is 0 Å². The maximum Gasteiger partial charge on any atom is 0.0704 e. The first-order valence-electron chi connectivity index (χ1n) is 8.04. The van der Waals surface area contributed by atoms with Crippen molar-refractivity contribution in [1.82, 2.24) is 9.88 Å². The SMILES string of the molecule is C=C[C@@H]1CN2CC[C@H]1C[C@H]2Cc1ccnc2ccccc12. The summed E-state index contributed by atoms with van der Waals surface area (Å²) in [7, 11) is 0. The summed E-state index contributed by atoms with van der Waals surface area (Å²) in [5.74, 6) is 1.56. The number of nitrogens with zero attached hydrogens (tertiary/aromatic N) is 2. The average molecular weight is 278 g/mol. The molecule has 3 saturated heterocycles. The van der Waals surface area contributed by atoms with Crippen molar-refractivity contribution >= 4 is 10.9 Å². The van der Waals surface area contributed by atoms with Gasteiger partial charge in [-0.05, 0) is 55.3 Å². The fourth-order valence-corrected chi connectivity index (χ4v) is 4.25. The molecule has 1 aromatic carbocycles. The van der Waals surface area contributed by atoms with E-state index in [-0.39, 0.29) is 0 Å². The monoisotopic (exact) mass is 278 g/mol. The highest BCUT2D eigenvalue weighted by Crippen LogP contribution is 2.38. The Bertz CT molecular complexity index is 658. The van der Waals surface area contributed by atoms with Crippen molar-refractivity contribution in [3.05, 3.63) is 54.7 Å². The van der Waals surface area contributed by atoms with Gasteiger partial charge in [-0.25, -0.2) is 0 Å². The summed E-state index contributed by atoms with van der Waals surface area (Å²) in [6, 6.07) is 11.4. The molecule has 0 saturated carbocycles. The van der Waals surface area contributed by atoms with E-state index in [0.717, 1.165) is 17.9 Å². The molecule has 3 aliphatic rings. The second-order valence-corrected chi connectivity index (χ2v) is 6.52. The Morgan fingerprint density at radius 1 is 1.29 bits per heavy atom. The summed E-state index contributed by atoms with van der Waals surface area (Å²) < 4.78 is 0. The predicted molar refractivity (Wildman–Crippen MR) is 87.2 cm³/mol. The summed E-state index contributed by atoms with van der Waals surface area (Å²) in [5.41, 5.74) is 2.57. The van der Waals surface area contributed by atoms with E-state index < -0.39 is 0 Å². The fourth-order valence-electron chi connectivity index (χ4n) is 4.25. The van der Waals surface area contributed by atoms with Crippen molar-refractivity contribution in [2.75, 3.05) is 13.1 Å². The van der Waals surface area contributed by atoms with Gasteiger partial charge in [-0.2, -0.15) is 0 Å². The summed E-state index contributed by atoms with van der Waals surface area (Å²) in [4.78, 5) is 7.16. The van der Waals surface area contributed by atoms with Crippen LogP contribution in [0, 0.1) is 11.8 Å². The number of fused-ring (bicyclic) bond motifs is 4. The number of piperidine rings is 3. The number of aromatic nitrogens is 1. The highest BCUT2D eigenvalue weighted by Gasteiger charge is 2.38. The van der Waals surface area contributed by atoms with Crippen molar-refractivity contribution in [1.29, 1.82) is 0 Å². The van der Waals surface area contributed by atoms with E-state index in [0.29, 0.717) is 12.0 Å². The summed E-state index contributed by atoms with van der Waals surface area (Å²) in [5, 5.41) is 1.32. The van der Waals surface area contributed by atoms with E-state index in [4.69, 9.17) is 0 Å². The molecule has 0 aliphatic carbocycles. The molecular weight excluding hydrogens is 256 g/mol. The van der Waals surface area contributed by atoms with Crippen LogP contribution < -0.4 is 0 Å². The Morgan fingerprint density at radius 2 is 2.19 bits per heavy atom. The third kappa shape index (κ3) is 2.28. The minimum absolute atomic E-state index is 0.700. The third-order valence-corrected chi connectivity index (χ3v) is 5.43. The number of para-hydroxylation sites is 1. The highest BCUT2D eigenvalue weighted by atomic mass is 15.2. The Labute approximate surface area is 126 Å². The number of pyridine rings is 1. The molecule has 1 unspecified atom stereocenters. The topological polar surface area (TPSA) is 16.1 Å². The van der Waals surface area contributed by atoms with Gasteiger partial charge in [0.05, 0.1) is 5.52 Å². The van der Waals surface area contributed by atoms with Gasteiger partial charge in [-0.15, -0.1) is 6.58 Å². The van der Waals surface area contributed by atoms with Crippen molar-refractivity contribution in [2.45, 2.75) is 25.3 Å². The lowest BCUT2D eigenvalue weighted by Crippen LogP contribution is -2.53. The molecular formula is C19H22N2. The number of hydrogen-bond acceptors (Lipinski definition) is 2. The number of rotatable bonds is 3. The van der Waals surface area contributed by atoms with Gasteiger partial charge in [-0.1, -0.05) is 24.3 Å². The van der Waals surface area contributed by atoms with Gasteiger partial charge in [0, 0.05) is 24.2 Å². The Morgan fingerprint density at radius 3 is 3.00 bits per heavy atom. The van der Waals surface area contributed by atoms with Crippen LogP contribution in [0.5, 0.6) is 0 Å². The van der Waals surface area contributed by atoms with E-state index in [9.17, 15) is 0 Å². The number of hydrogen-bond donors (Lipinski definition) is 0. The van der Waals surface area contributed by atoms with Gasteiger partial charge in [0.1, 0.15) is 0 Å². The average Bonchev–Trinajstić information content (AvgIpc) is 2.56. The molecule has 0 spiro atoms. The summed E-state index contributed by atoms with van der Waals surface area (Å²) >= 11 is 0. The third-order valence-electron chi connectivity index (χ3n) is 5.43. The maximum absolute atomic E-state index is 4.48. The van der Waals surface area contributed by atoms with Gasteiger partial charge in [0.2, 0.25) is 0 Å². The lowest BCUT2D eigenvalue weighted by molar-refractivity contribution is 0.0196. The quantitative estimate of drug-likeness (QED) is 0.796. The molecule has 3 aliphatic heterocycles. The van der Waals surface area contributed by atoms with E-state index in [1.807, 2.05) is 6.20 Å². The van der Waals surface area contributed by atoms with Crippen LogP contribution in [0.15, 0.2) is 49.2 Å². The van der Waals surface area contributed by atoms with Crippen LogP contribution in [-0.2, 0) is 6.42 Å². The maximum atomic E-state index is 4.48. The van der Waals surface area contributed by atoms with Crippen LogP contribution in [0.1, 0.15) is 18.4 Å². The van der Waals surface area contributed by atoms with E-state index in [1.54, 1.807) is 0 Å². The lowest BCUT2D eigenvalue weighted by atomic mass is 9.74. The van der Waals surface area contributed by atoms with Gasteiger partial charge >= 0.3 is 0 Å². The number of benzene rings is 1. The first kappa shape index (κ1) is 13.0. The predicted octanol–water partition coefficient (Wildman–Crippen LogP) is 3.67. The van der Waals surface area contributed by atoms with Crippen LogP contribution >= 0.6 is 0 Å². The standard InChI is InChI=1S/C19H22N2/c1-2-14-13-21-10-8-15(14)11-17(21)12-16-7-9-20-19-6-4-3-5-18(16)19/h2-7,9,14-15,17H,1,8,10-13H2/t14-,15+,17+/m1/s1. The molecule has 0 amide bonds. The summed E-state index contributed by atoms with van der Waals surface area (Å²) in [6.45, 7) is 6.49. The summed E-state index contributed by atoms with van der Waals surface area (Å²) in [6.07, 6.45) is 7.97. The van der Waals surface area contributed by atoms with Crippen molar-refractivity contribution in [2.24, 2.45) is 11.8 Å². The zero-order chi connectivity index (χ0) is 14.2. The first-order chi connectivity index (χ1) is 10.3. The second-order valence-electron chi connectivity index (χ2n) is 6.52. The minimum atomic E-state index is 0.700. The van der Waals surface area contributed by atoms with Crippen LogP contribution in [0.25, 0.3) is 10.9 Å². The molecule has 21 heavy (non-hydrogen) atoms. The lowest BCUT2D eigenvalue weighted by Gasteiger charge is -2.49. The van der Waals surface area contributed by atoms with Crippen molar-refractivity contribution < 1.29 is 0 Å². The van der Waals surface area contributed by atoms with E-state index >= 15 is 0 Å². The second kappa shape index (κ2) is 5.27. The van der Waals surface area contributed by atoms with Crippen LogP contribution in [0.4, 0.5) is 0 Å². The van der Waals surface area contributed by atoms with E-state index in [1.165, 1.54) is 36.9 Å². The van der Waals surface area contributed by atoms with Gasteiger partial charge < -0.3 is 0 Å². The molecule has 0 N–H and O–H groups in total. The Balaban J connectivity index is 1.60. The molecule has 108 valence electrons. The Hall–Kier alpha value is -1.67. The smallest absolute Gasteiger partial charge is 0.0704 e. The normalized spacial score (nSPS) is 31.4. The molecule has 2 nitrogen and oxygen atoms in total. The molecule has 2 heteroatoms. The molecule has 1 aromatic heterocycles. The molecule has 0 radical (unpaired) electrons. The first-order valence-corrected chi connectivity index (χ1v) is 8.04. The zero-order valence-electron chi connectivity index (χ0n) is 12.4. The van der Waals surface area contributed by atoms with Crippen LogP contribution in [-0.4, -0.2) is 29.0 Å². The minimum Gasteiger partial charge on any atom is -0.299 e. The zero-order valence-corrected chi connectivity index (χ0v) is 12.4. The molecule has 4 heterocycles. The molecule has 5 rings (SSSR count). The fraction of sp³-hybridized carbons (Fsp3) is 0.421. The van der Waals surface area contributed by atoms with Crippen LogP contribution in [0.2, 0.25) is 0 Å². The van der Waals surface area contributed by atoms with Crippen LogP contribution in [0.3, 0.4) is 0 Å². The molecule has 3 fully saturated rings. The molecule has 2 aromatic rings. The largest absolute Gasteiger partial charge is 0.299 e. The Kier molecular flexibility index (Phi) is 3.27. The van der Waals surface area contributed by atoms with Crippen molar-refractivity contribution in [3.63, 3.8) is 0 Å². The molecule has 4 atom stereocenters. The van der Waals surface area contributed by atoms with Gasteiger partial charge in [0.15, 0.2) is 0 Å². The highest BCUT2D eigenvalue weighted by molar-refractivity contribution is 5.81.